The van der Waals surface area contributed by atoms with E-state index < -0.39 is 0 Å². The van der Waals surface area contributed by atoms with Crippen LogP contribution in [-0.2, 0) is 6.42 Å². The van der Waals surface area contributed by atoms with Crippen molar-refractivity contribution in [1.29, 1.82) is 0 Å². The molecule has 0 fully saturated rings. The van der Waals surface area contributed by atoms with Crippen molar-refractivity contribution in [3.63, 3.8) is 0 Å². The summed E-state index contributed by atoms with van der Waals surface area (Å²) in [5.41, 5.74) is 1.15. The van der Waals surface area contributed by atoms with Crippen LogP contribution in [0.15, 0.2) is 24.3 Å². The van der Waals surface area contributed by atoms with Gasteiger partial charge in [-0.05, 0) is 37.6 Å². The molecule has 2 aromatic rings. The Kier molecular flexibility index (Phi) is 5.80. The molecule has 0 radical (unpaired) electrons. The van der Waals surface area contributed by atoms with Gasteiger partial charge >= 0.3 is 0 Å². The molecular formula is C16H24N2S. The third-order valence-corrected chi connectivity index (χ3v) is 4.77. The Bertz CT molecular complexity index is 455. The minimum Gasteiger partial charge on any atom is -0.316 e. The van der Waals surface area contributed by atoms with E-state index in [1.165, 1.54) is 29.0 Å². The first-order valence-corrected chi connectivity index (χ1v) is 8.20. The Morgan fingerprint density at radius 3 is 2.74 bits per heavy atom. The molecule has 0 amide bonds. The fourth-order valence-electron chi connectivity index (χ4n) is 2.28. The predicted octanol–water partition coefficient (Wildman–Crippen LogP) is 4.25. The molecule has 2 rings (SSSR count). The van der Waals surface area contributed by atoms with Crippen LogP contribution in [0.4, 0.5) is 0 Å². The van der Waals surface area contributed by atoms with Crippen LogP contribution in [0, 0.1) is 5.92 Å². The molecule has 0 spiro atoms. The number of rotatable bonds is 8. The molecule has 1 aromatic heterocycles. The number of aryl methyl sites for hydroxylation is 1. The van der Waals surface area contributed by atoms with E-state index in [9.17, 15) is 0 Å². The third-order valence-electron chi connectivity index (χ3n) is 3.67. The van der Waals surface area contributed by atoms with Crippen molar-refractivity contribution >= 4 is 21.6 Å². The van der Waals surface area contributed by atoms with E-state index in [4.69, 9.17) is 0 Å². The zero-order valence-corrected chi connectivity index (χ0v) is 12.8. The molecule has 104 valence electrons. The molecule has 0 atom stereocenters. The molecular weight excluding hydrogens is 252 g/mol. The highest BCUT2D eigenvalue weighted by Gasteiger charge is 2.04. The fraction of sp³-hybridized carbons (Fsp3) is 0.562. The summed E-state index contributed by atoms with van der Waals surface area (Å²) < 4.78 is 1.31. The van der Waals surface area contributed by atoms with Gasteiger partial charge in [0.25, 0.3) is 0 Å². The van der Waals surface area contributed by atoms with E-state index in [0.717, 1.165) is 30.9 Å². The van der Waals surface area contributed by atoms with Gasteiger partial charge in [0.2, 0.25) is 0 Å². The number of fused-ring (bicyclic) bond motifs is 1. The smallest absolute Gasteiger partial charge is 0.0939 e. The average Bonchev–Trinajstić information content (AvgIpc) is 2.85. The number of hydrogen-bond acceptors (Lipinski definition) is 3. The normalized spacial score (nSPS) is 11.5. The predicted molar refractivity (Wildman–Crippen MR) is 84.9 cm³/mol. The number of hydrogen-bond donors (Lipinski definition) is 1. The highest BCUT2D eigenvalue weighted by Crippen LogP contribution is 2.22. The minimum absolute atomic E-state index is 0.836. The zero-order chi connectivity index (χ0) is 13.5. The summed E-state index contributed by atoms with van der Waals surface area (Å²) in [6.45, 7) is 6.81. The first-order valence-electron chi connectivity index (χ1n) is 7.38. The summed E-state index contributed by atoms with van der Waals surface area (Å²) in [4.78, 5) is 4.67. The lowest BCUT2D eigenvalue weighted by Gasteiger charge is -2.12. The lowest BCUT2D eigenvalue weighted by molar-refractivity contribution is 0.448. The van der Waals surface area contributed by atoms with Crippen LogP contribution in [-0.4, -0.2) is 18.1 Å². The van der Waals surface area contributed by atoms with E-state index in [1.807, 2.05) is 11.3 Å². The van der Waals surface area contributed by atoms with Crippen LogP contribution in [0.3, 0.4) is 0 Å². The molecule has 19 heavy (non-hydrogen) atoms. The van der Waals surface area contributed by atoms with Crippen molar-refractivity contribution in [1.82, 2.24) is 10.3 Å². The van der Waals surface area contributed by atoms with Crippen LogP contribution in [0.1, 0.15) is 38.1 Å². The topological polar surface area (TPSA) is 24.9 Å². The molecule has 1 N–H and O–H groups in total. The van der Waals surface area contributed by atoms with Crippen LogP contribution < -0.4 is 5.32 Å². The quantitative estimate of drug-likeness (QED) is 0.729. The van der Waals surface area contributed by atoms with Crippen LogP contribution in [0.2, 0.25) is 0 Å². The summed E-state index contributed by atoms with van der Waals surface area (Å²) in [6.07, 6.45) is 4.83. The molecule has 0 bridgehead atoms. The summed E-state index contributed by atoms with van der Waals surface area (Å²) in [5.74, 6) is 0.836. The lowest BCUT2D eigenvalue weighted by Crippen LogP contribution is -2.23. The molecule has 0 unspecified atom stereocenters. The zero-order valence-electron chi connectivity index (χ0n) is 12.0. The van der Waals surface area contributed by atoms with E-state index in [-0.39, 0.29) is 0 Å². The Morgan fingerprint density at radius 2 is 2.00 bits per heavy atom. The fourth-order valence-corrected chi connectivity index (χ4v) is 3.28. The number of nitrogens with zero attached hydrogens (tertiary/aromatic N) is 1. The highest BCUT2D eigenvalue weighted by atomic mass is 32.1. The van der Waals surface area contributed by atoms with Gasteiger partial charge in [0.15, 0.2) is 0 Å². The van der Waals surface area contributed by atoms with E-state index >= 15 is 0 Å². The van der Waals surface area contributed by atoms with Gasteiger partial charge in [-0.2, -0.15) is 0 Å². The molecule has 0 saturated heterocycles. The highest BCUT2D eigenvalue weighted by molar-refractivity contribution is 7.18. The second kappa shape index (κ2) is 7.61. The maximum Gasteiger partial charge on any atom is 0.0939 e. The number of para-hydroxylation sites is 1. The Morgan fingerprint density at radius 1 is 1.21 bits per heavy atom. The van der Waals surface area contributed by atoms with Crippen molar-refractivity contribution in [2.75, 3.05) is 13.1 Å². The summed E-state index contributed by atoms with van der Waals surface area (Å²) in [5, 5.41) is 4.84. The van der Waals surface area contributed by atoms with Gasteiger partial charge in [-0.15, -0.1) is 11.3 Å². The second-order valence-electron chi connectivity index (χ2n) is 5.07. The Labute approximate surface area is 120 Å². The van der Waals surface area contributed by atoms with Crippen molar-refractivity contribution in [3.8, 4) is 0 Å². The second-order valence-corrected chi connectivity index (χ2v) is 6.18. The van der Waals surface area contributed by atoms with Crippen LogP contribution in [0.25, 0.3) is 10.2 Å². The van der Waals surface area contributed by atoms with E-state index in [0.29, 0.717) is 0 Å². The Balaban J connectivity index is 1.71. The molecule has 3 heteroatoms. The van der Waals surface area contributed by atoms with Crippen molar-refractivity contribution in [2.24, 2.45) is 5.92 Å². The third kappa shape index (κ3) is 4.29. The molecule has 0 aliphatic carbocycles. The standard InChI is InChI=1S/C16H24N2S/c1-3-13(4-2)12-17-11-7-10-16-18-14-8-5-6-9-15(14)19-16/h5-6,8-9,13,17H,3-4,7,10-12H2,1-2H3. The summed E-state index contributed by atoms with van der Waals surface area (Å²) in [6, 6.07) is 8.40. The molecule has 2 nitrogen and oxygen atoms in total. The summed E-state index contributed by atoms with van der Waals surface area (Å²) >= 11 is 1.83. The van der Waals surface area contributed by atoms with Gasteiger partial charge in [0, 0.05) is 6.42 Å². The maximum absolute atomic E-state index is 4.67. The molecule has 0 aliphatic heterocycles. The summed E-state index contributed by atoms with van der Waals surface area (Å²) in [7, 11) is 0. The monoisotopic (exact) mass is 276 g/mol. The average molecular weight is 276 g/mol. The van der Waals surface area contributed by atoms with Gasteiger partial charge in [0.1, 0.15) is 0 Å². The number of nitrogens with one attached hydrogen (secondary N) is 1. The van der Waals surface area contributed by atoms with E-state index in [2.05, 4.69) is 48.4 Å². The van der Waals surface area contributed by atoms with Gasteiger partial charge < -0.3 is 5.32 Å². The molecule has 0 saturated carbocycles. The van der Waals surface area contributed by atoms with Gasteiger partial charge in [-0.1, -0.05) is 38.8 Å². The van der Waals surface area contributed by atoms with Crippen LogP contribution >= 0.6 is 11.3 Å². The molecule has 1 heterocycles. The SMILES string of the molecule is CCC(CC)CNCCCc1nc2ccccc2s1. The van der Waals surface area contributed by atoms with Crippen molar-refractivity contribution in [3.05, 3.63) is 29.3 Å². The molecule has 1 aromatic carbocycles. The van der Waals surface area contributed by atoms with Crippen molar-refractivity contribution < 1.29 is 0 Å². The van der Waals surface area contributed by atoms with Crippen molar-refractivity contribution in [2.45, 2.75) is 39.5 Å². The van der Waals surface area contributed by atoms with Gasteiger partial charge in [0.05, 0.1) is 15.2 Å². The van der Waals surface area contributed by atoms with Gasteiger partial charge in [-0.25, -0.2) is 4.98 Å². The largest absolute Gasteiger partial charge is 0.316 e. The van der Waals surface area contributed by atoms with E-state index in [1.54, 1.807) is 0 Å². The van der Waals surface area contributed by atoms with Gasteiger partial charge in [-0.3, -0.25) is 0 Å². The minimum atomic E-state index is 0.836. The maximum atomic E-state index is 4.67. The number of thiazole rings is 1. The lowest BCUT2D eigenvalue weighted by atomic mass is 10.0. The molecule has 0 aliphatic rings. The van der Waals surface area contributed by atoms with Crippen LogP contribution in [0.5, 0.6) is 0 Å². The Hall–Kier alpha value is -0.930. The first-order chi connectivity index (χ1) is 9.33. The first kappa shape index (κ1) is 14.5. The number of benzene rings is 1. The number of aromatic nitrogens is 1.